The van der Waals surface area contributed by atoms with E-state index >= 15 is 0 Å². The Bertz CT molecular complexity index is 1950. The molecule has 2 aliphatic rings. The predicted octanol–water partition coefficient (Wildman–Crippen LogP) is 6.96. The number of benzene rings is 4. The van der Waals surface area contributed by atoms with Gasteiger partial charge in [0.25, 0.3) is 5.91 Å². The van der Waals surface area contributed by atoms with E-state index in [1.54, 1.807) is 42.5 Å². The molecule has 1 saturated heterocycles. The van der Waals surface area contributed by atoms with Crippen LogP contribution in [0, 0.1) is 11.8 Å². The van der Waals surface area contributed by atoms with Gasteiger partial charge in [0.1, 0.15) is 5.92 Å². The summed E-state index contributed by atoms with van der Waals surface area (Å²) in [4.78, 5) is 70.4. The van der Waals surface area contributed by atoms with Crippen LogP contribution < -0.4 is 10.2 Å². The fourth-order valence-electron chi connectivity index (χ4n) is 6.76. The highest BCUT2D eigenvalue weighted by atomic mass is 79.9. The molecule has 2 heterocycles. The minimum absolute atomic E-state index is 0.0221. The first-order valence-corrected chi connectivity index (χ1v) is 15.5. The molecule has 0 aromatic heterocycles. The van der Waals surface area contributed by atoms with Crippen LogP contribution in [0.3, 0.4) is 0 Å². The molecule has 4 unspecified atom stereocenters. The lowest BCUT2D eigenvalue weighted by atomic mass is 9.72. The van der Waals surface area contributed by atoms with E-state index < -0.39 is 59.2 Å². The van der Waals surface area contributed by atoms with Crippen molar-refractivity contribution in [1.29, 1.82) is 0 Å². The smallest absolute Gasteiger partial charge is 0.337 e. The number of para-hydroxylation sites is 2. The van der Waals surface area contributed by atoms with Gasteiger partial charge in [0.05, 0.1) is 27.2 Å². The number of rotatable bonds is 8. The summed E-state index contributed by atoms with van der Waals surface area (Å²) in [6.07, 6.45) is -0.472. The summed E-state index contributed by atoms with van der Waals surface area (Å²) in [6.45, 7) is 0. The topological polar surface area (TPSA) is 141 Å². The quantitative estimate of drug-likeness (QED) is 0.166. The van der Waals surface area contributed by atoms with Gasteiger partial charge in [0.2, 0.25) is 0 Å². The van der Waals surface area contributed by atoms with Gasteiger partial charge in [-0.3, -0.25) is 19.2 Å². The number of carboxylic acids is 2. The van der Waals surface area contributed by atoms with Gasteiger partial charge < -0.3 is 20.4 Å². The van der Waals surface area contributed by atoms with Gasteiger partial charge in [0, 0.05) is 39.3 Å². The first-order valence-electron chi connectivity index (χ1n) is 14.0. The van der Waals surface area contributed by atoms with Crippen LogP contribution in [0.1, 0.15) is 43.1 Å². The number of hydrogen-bond donors (Lipinski definition) is 3. The molecule has 4 atom stereocenters. The molecular formula is C34H23BrCl2N2O7. The zero-order chi connectivity index (χ0) is 32.9. The molecule has 12 heteroatoms. The number of Topliss-reactive ketones (excluding diaryl/α,β-unsaturated/α-hetero) is 2. The number of carbonyl (C=O) groups excluding carboxylic acids is 3. The average Bonchev–Trinajstić information content (AvgIpc) is 3.49. The van der Waals surface area contributed by atoms with E-state index in [2.05, 4.69) is 21.2 Å². The number of carbonyl (C=O) groups is 5. The Labute approximate surface area is 280 Å². The molecule has 4 aromatic rings. The van der Waals surface area contributed by atoms with E-state index in [1.807, 2.05) is 0 Å². The van der Waals surface area contributed by atoms with Crippen molar-refractivity contribution >= 4 is 79.9 Å². The molecule has 4 aromatic carbocycles. The molecule has 3 N–H and O–H groups in total. The van der Waals surface area contributed by atoms with E-state index in [0.29, 0.717) is 10.2 Å². The van der Waals surface area contributed by atoms with Crippen molar-refractivity contribution in [1.82, 2.24) is 0 Å². The summed E-state index contributed by atoms with van der Waals surface area (Å²) in [6, 6.07) is 21.5. The lowest BCUT2D eigenvalue weighted by molar-refractivity contribution is -0.147. The molecule has 46 heavy (non-hydrogen) atoms. The van der Waals surface area contributed by atoms with Crippen molar-refractivity contribution in [3.8, 4) is 0 Å². The number of ketones is 2. The molecule has 0 radical (unpaired) electrons. The van der Waals surface area contributed by atoms with Gasteiger partial charge in [-0.2, -0.15) is 0 Å². The summed E-state index contributed by atoms with van der Waals surface area (Å²) >= 11 is 15.6. The number of amides is 1. The molecule has 9 nitrogen and oxygen atoms in total. The standard InChI is InChI=1S/C34H23BrCl2N2O7/c35-19-12-9-17(10-13-19)30(41)28-26(16-27(40)18-11-14-22(36)23(37)15-18)39(25-8-4-1-5-20(25)31(42)43)34(29(28)32(44)45)21-6-2-3-7-24(21)38-33(34)46/h1-15,26,28-29H,16H2,(H,38,46)(H,42,43)(H,44,45). The normalized spacial score (nSPS) is 21.6. The molecule has 1 spiro atoms. The van der Waals surface area contributed by atoms with E-state index in [0.717, 1.165) is 0 Å². The number of fused-ring (bicyclic) bond motifs is 2. The highest BCUT2D eigenvalue weighted by Gasteiger charge is 2.71. The van der Waals surface area contributed by atoms with Crippen molar-refractivity contribution in [3.63, 3.8) is 0 Å². The Morgan fingerprint density at radius 3 is 2.17 bits per heavy atom. The van der Waals surface area contributed by atoms with Crippen molar-refractivity contribution < 1.29 is 34.2 Å². The molecule has 1 amide bonds. The lowest BCUT2D eigenvalue weighted by Crippen LogP contribution is -2.55. The van der Waals surface area contributed by atoms with E-state index in [4.69, 9.17) is 23.2 Å². The number of anilines is 2. The van der Waals surface area contributed by atoms with Gasteiger partial charge in [-0.15, -0.1) is 0 Å². The van der Waals surface area contributed by atoms with Gasteiger partial charge >= 0.3 is 11.9 Å². The first-order chi connectivity index (χ1) is 22.0. The molecular weight excluding hydrogens is 699 g/mol. The van der Waals surface area contributed by atoms with Crippen molar-refractivity contribution in [2.24, 2.45) is 11.8 Å². The summed E-state index contributed by atoms with van der Waals surface area (Å²) < 4.78 is 0.675. The van der Waals surface area contributed by atoms with E-state index in [1.165, 1.54) is 53.4 Å². The molecule has 232 valence electrons. The predicted molar refractivity (Wildman–Crippen MR) is 175 cm³/mol. The van der Waals surface area contributed by atoms with Gasteiger partial charge in [0.15, 0.2) is 17.1 Å². The maximum absolute atomic E-state index is 14.6. The van der Waals surface area contributed by atoms with Gasteiger partial charge in [-0.1, -0.05) is 81.6 Å². The Balaban J connectivity index is 1.67. The van der Waals surface area contributed by atoms with Crippen LogP contribution >= 0.6 is 39.1 Å². The highest BCUT2D eigenvalue weighted by Crippen LogP contribution is 2.58. The summed E-state index contributed by atoms with van der Waals surface area (Å²) in [7, 11) is 0. The number of hydrogen-bond acceptors (Lipinski definition) is 6. The summed E-state index contributed by atoms with van der Waals surface area (Å²) in [5, 5.41) is 24.3. The lowest BCUT2D eigenvalue weighted by Gasteiger charge is -2.40. The minimum atomic E-state index is -2.12. The Morgan fingerprint density at radius 1 is 0.848 bits per heavy atom. The highest BCUT2D eigenvalue weighted by molar-refractivity contribution is 9.10. The zero-order valence-corrected chi connectivity index (χ0v) is 26.7. The number of nitrogens with one attached hydrogen (secondary N) is 1. The van der Waals surface area contributed by atoms with Crippen LogP contribution in [0.4, 0.5) is 11.4 Å². The SMILES string of the molecule is O=C(CC1C(C(=O)c2ccc(Br)cc2)C(C(=O)O)C2(C(=O)Nc3ccccc32)N1c1ccccc1C(=O)O)c1ccc(Cl)c(Cl)c1. The maximum atomic E-state index is 14.6. The molecule has 0 saturated carbocycles. The Kier molecular flexibility index (Phi) is 8.22. The second-order valence-electron chi connectivity index (χ2n) is 11.0. The van der Waals surface area contributed by atoms with Crippen LogP contribution in [0.15, 0.2) is 95.5 Å². The molecule has 1 fully saturated rings. The van der Waals surface area contributed by atoms with Crippen molar-refractivity contribution in [2.75, 3.05) is 10.2 Å². The number of halogens is 3. The van der Waals surface area contributed by atoms with Crippen LogP contribution in [-0.4, -0.2) is 45.7 Å². The van der Waals surface area contributed by atoms with Crippen LogP contribution in [-0.2, 0) is 15.1 Å². The molecule has 6 rings (SSSR count). The second kappa shape index (κ2) is 12.0. The third-order valence-electron chi connectivity index (χ3n) is 8.60. The maximum Gasteiger partial charge on any atom is 0.337 e. The second-order valence-corrected chi connectivity index (χ2v) is 12.7. The molecule has 0 bridgehead atoms. The van der Waals surface area contributed by atoms with Crippen molar-refractivity contribution in [2.45, 2.75) is 18.0 Å². The van der Waals surface area contributed by atoms with E-state index in [9.17, 15) is 34.2 Å². The Hall–Kier alpha value is -4.51. The first kappa shape index (κ1) is 31.5. The van der Waals surface area contributed by atoms with E-state index in [-0.39, 0.29) is 38.0 Å². The third kappa shape index (κ3) is 4.97. The molecule has 0 aliphatic carbocycles. The van der Waals surface area contributed by atoms with Crippen molar-refractivity contribution in [3.05, 3.63) is 128 Å². The average molecular weight is 722 g/mol. The fourth-order valence-corrected chi connectivity index (χ4v) is 7.32. The van der Waals surface area contributed by atoms with Gasteiger partial charge in [-0.05, 0) is 48.5 Å². The fraction of sp³-hybridized carbons (Fsp3) is 0.147. The number of aliphatic carboxylic acids is 1. The zero-order valence-electron chi connectivity index (χ0n) is 23.6. The summed E-state index contributed by atoms with van der Waals surface area (Å²) in [5.41, 5.74) is -1.54. The molecule has 2 aliphatic heterocycles. The van der Waals surface area contributed by atoms with Gasteiger partial charge in [-0.25, -0.2) is 4.79 Å². The third-order valence-corrected chi connectivity index (χ3v) is 9.86. The number of nitrogens with zero attached hydrogens (tertiary/aromatic N) is 1. The number of aromatic carboxylic acids is 1. The van der Waals surface area contributed by atoms with Crippen LogP contribution in [0.25, 0.3) is 0 Å². The number of carboxylic acid groups (broad SMARTS) is 2. The Morgan fingerprint density at radius 2 is 1.50 bits per heavy atom. The largest absolute Gasteiger partial charge is 0.481 e. The van der Waals surface area contributed by atoms with Crippen LogP contribution in [0.2, 0.25) is 10.0 Å². The van der Waals surface area contributed by atoms with Crippen LogP contribution in [0.5, 0.6) is 0 Å². The summed E-state index contributed by atoms with van der Waals surface area (Å²) in [5.74, 6) is -7.97. The minimum Gasteiger partial charge on any atom is -0.481 e. The monoisotopic (exact) mass is 720 g/mol.